The van der Waals surface area contributed by atoms with Gasteiger partial charge in [-0.1, -0.05) is 11.6 Å². The van der Waals surface area contributed by atoms with Gasteiger partial charge >= 0.3 is 0 Å². The third-order valence-electron chi connectivity index (χ3n) is 2.08. The summed E-state index contributed by atoms with van der Waals surface area (Å²) in [6, 6.07) is 6.89. The van der Waals surface area contributed by atoms with Crippen molar-refractivity contribution in [1.29, 1.82) is 0 Å². The highest BCUT2D eigenvalue weighted by Gasteiger charge is 2.08. The highest BCUT2D eigenvalue weighted by molar-refractivity contribution is 6.30. The number of halogens is 1. The Kier molecular flexibility index (Phi) is 4.59. The summed E-state index contributed by atoms with van der Waals surface area (Å²) in [5.41, 5.74) is 6.01. The quantitative estimate of drug-likeness (QED) is 0.823. The first-order valence-electron chi connectivity index (χ1n) is 4.90. The number of nitrogens with two attached hydrogens (primary N) is 1. The van der Waals surface area contributed by atoms with Crippen molar-refractivity contribution in [2.24, 2.45) is 5.73 Å². The van der Waals surface area contributed by atoms with Gasteiger partial charge in [0, 0.05) is 16.6 Å². The third-order valence-corrected chi connectivity index (χ3v) is 2.34. The van der Waals surface area contributed by atoms with E-state index >= 15 is 0 Å². The highest BCUT2D eigenvalue weighted by Crippen LogP contribution is 2.09. The van der Waals surface area contributed by atoms with Gasteiger partial charge in [-0.05, 0) is 44.2 Å². The molecule has 0 saturated heterocycles. The lowest BCUT2D eigenvalue weighted by atomic mass is 10.2. The molecule has 0 aliphatic heterocycles. The predicted molar refractivity (Wildman–Crippen MR) is 62.1 cm³/mol. The van der Waals surface area contributed by atoms with Crippen molar-refractivity contribution in [1.82, 2.24) is 5.32 Å². The summed E-state index contributed by atoms with van der Waals surface area (Å²) in [5.74, 6) is -0.0902. The van der Waals surface area contributed by atoms with Crippen molar-refractivity contribution >= 4 is 17.5 Å². The van der Waals surface area contributed by atoms with Crippen LogP contribution in [0.5, 0.6) is 0 Å². The molecule has 0 aromatic heterocycles. The number of hydrogen-bond acceptors (Lipinski definition) is 2. The van der Waals surface area contributed by atoms with Crippen LogP contribution in [0.3, 0.4) is 0 Å². The molecule has 1 rings (SSSR count). The molecule has 0 spiro atoms. The van der Waals surface area contributed by atoms with E-state index in [-0.39, 0.29) is 11.9 Å². The second-order valence-corrected chi connectivity index (χ2v) is 3.90. The minimum atomic E-state index is -0.0902. The Bertz CT molecular complexity index is 324. The molecule has 0 heterocycles. The van der Waals surface area contributed by atoms with Crippen molar-refractivity contribution in [2.45, 2.75) is 19.4 Å². The summed E-state index contributed by atoms with van der Waals surface area (Å²) >= 11 is 5.72. The van der Waals surface area contributed by atoms with Crippen molar-refractivity contribution in [3.63, 3.8) is 0 Å². The van der Waals surface area contributed by atoms with Crippen LogP contribution >= 0.6 is 11.6 Å². The molecule has 4 heteroatoms. The molecule has 0 saturated carbocycles. The largest absolute Gasteiger partial charge is 0.350 e. The Morgan fingerprint density at radius 3 is 2.60 bits per heavy atom. The van der Waals surface area contributed by atoms with E-state index in [9.17, 15) is 4.79 Å². The van der Waals surface area contributed by atoms with E-state index in [1.165, 1.54) is 0 Å². The van der Waals surface area contributed by atoms with E-state index in [1.54, 1.807) is 24.3 Å². The lowest BCUT2D eigenvalue weighted by Gasteiger charge is -2.12. The molecule has 0 aliphatic carbocycles. The molecule has 0 fully saturated rings. The molecule has 1 amide bonds. The van der Waals surface area contributed by atoms with Gasteiger partial charge < -0.3 is 11.1 Å². The van der Waals surface area contributed by atoms with Gasteiger partial charge in [0.1, 0.15) is 0 Å². The maximum atomic E-state index is 11.6. The first-order valence-corrected chi connectivity index (χ1v) is 5.27. The van der Waals surface area contributed by atoms with Crippen molar-refractivity contribution in [3.8, 4) is 0 Å². The van der Waals surface area contributed by atoms with Gasteiger partial charge in [-0.2, -0.15) is 0 Å². The molecule has 0 bridgehead atoms. The van der Waals surface area contributed by atoms with Crippen LogP contribution in [-0.2, 0) is 0 Å². The zero-order valence-corrected chi connectivity index (χ0v) is 9.42. The van der Waals surface area contributed by atoms with Gasteiger partial charge in [-0.15, -0.1) is 0 Å². The molecule has 1 atom stereocenters. The van der Waals surface area contributed by atoms with Crippen LogP contribution in [0, 0.1) is 0 Å². The van der Waals surface area contributed by atoms with Crippen LogP contribution in [-0.4, -0.2) is 18.5 Å². The smallest absolute Gasteiger partial charge is 0.251 e. The molecule has 3 nitrogen and oxygen atoms in total. The standard InChI is InChI=1S/C11H15ClN2O/c1-8(6-7-13)14-11(15)9-2-4-10(12)5-3-9/h2-5,8H,6-7,13H2,1H3,(H,14,15). The summed E-state index contributed by atoms with van der Waals surface area (Å²) in [7, 11) is 0. The van der Waals surface area contributed by atoms with E-state index in [4.69, 9.17) is 17.3 Å². The number of carbonyl (C=O) groups is 1. The fraction of sp³-hybridized carbons (Fsp3) is 0.364. The minimum Gasteiger partial charge on any atom is -0.350 e. The summed E-state index contributed by atoms with van der Waals surface area (Å²) in [6.45, 7) is 2.50. The predicted octanol–water partition coefficient (Wildman–Crippen LogP) is 1.81. The lowest BCUT2D eigenvalue weighted by molar-refractivity contribution is 0.0939. The van der Waals surface area contributed by atoms with Crippen molar-refractivity contribution in [3.05, 3.63) is 34.9 Å². The number of amides is 1. The zero-order valence-electron chi connectivity index (χ0n) is 8.66. The third kappa shape index (κ3) is 3.90. The second-order valence-electron chi connectivity index (χ2n) is 3.46. The normalized spacial score (nSPS) is 12.2. The van der Waals surface area contributed by atoms with Crippen LogP contribution in [0.4, 0.5) is 0 Å². The molecule has 0 radical (unpaired) electrons. The van der Waals surface area contributed by atoms with Crippen LogP contribution in [0.15, 0.2) is 24.3 Å². The maximum Gasteiger partial charge on any atom is 0.251 e. The summed E-state index contributed by atoms with van der Waals surface area (Å²) in [6.07, 6.45) is 0.777. The monoisotopic (exact) mass is 226 g/mol. The second kappa shape index (κ2) is 5.73. The van der Waals surface area contributed by atoms with E-state index in [0.717, 1.165) is 6.42 Å². The van der Waals surface area contributed by atoms with Crippen LogP contribution in [0.2, 0.25) is 5.02 Å². The highest BCUT2D eigenvalue weighted by atomic mass is 35.5. The van der Waals surface area contributed by atoms with Crippen LogP contribution in [0.25, 0.3) is 0 Å². The van der Waals surface area contributed by atoms with Gasteiger partial charge in [0.05, 0.1) is 0 Å². The average molecular weight is 227 g/mol. The molecular weight excluding hydrogens is 212 g/mol. The van der Waals surface area contributed by atoms with Crippen molar-refractivity contribution < 1.29 is 4.79 Å². The van der Waals surface area contributed by atoms with E-state index in [1.807, 2.05) is 6.92 Å². The zero-order chi connectivity index (χ0) is 11.3. The number of carbonyl (C=O) groups excluding carboxylic acids is 1. The SMILES string of the molecule is CC(CCN)NC(=O)c1ccc(Cl)cc1. The van der Waals surface area contributed by atoms with Crippen LogP contribution < -0.4 is 11.1 Å². The fourth-order valence-electron chi connectivity index (χ4n) is 1.23. The molecule has 1 unspecified atom stereocenters. The molecule has 82 valence electrons. The first-order chi connectivity index (χ1) is 7.13. The number of benzene rings is 1. The molecule has 15 heavy (non-hydrogen) atoms. The van der Waals surface area contributed by atoms with E-state index in [2.05, 4.69) is 5.32 Å². The Labute approximate surface area is 94.6 Å². The Morgan fingerprint density at radius 2 is 2.07 bits per heavy atom. The molecule has 0 aliphatic rings. The topological polar surface area (TPSA) is 55.1 Å². The number of hydrogen-bond donors (Lipinski definition) is 2. The lowest BCUT2D eigenvalue weighted by Crippen LogP contribution is -2.33. The van der Waals surface area contributed by atoms with Crippen molar-refractivity contribution in [2.75, 3.05) is 6.54 Å². The van der Waals surface area contributed by atoms with Crippen LogP contribution in [0.1, 0.15) is 23.7 Å². The number of nitrogens with one attached hydrogen (secondary N) is 1. The number of rotatable bonds is 4. The van der Waals surface area contributed by atoms with E-state index < -0.39 is 0 Å². The van der Waals surface area contributed by atoms with Gasteiger partial charge in [0.25, 0.3) is 5.91 Å². The minimum absolute atomic E-state index is 0.0902. The maximum absolute atomic E-state index is 11.6. The first kappa shape index (κ1) is 12.0. The Balaban J connectivity index is 2.57. The fourth-order valence-corrected chi connectivity index (χ4v) is 1.36. The van der Waals surface area contributed by atoms with Gasteiger partial charge in [0.15, 0.2) is 0 Å². The molecule has 1 aromatic rings. The molecular formula is C11H15ClN2O. The van der Waals surface area contributed by atoms with E-state index in [0.29, 0.717) is 17.1 Å². The van der Waals surface area contributed by atoms with Gasteiger partial charge in [-0.25, -0.2) is 0 Å². The Morgan fingerprint density at radius 1 is 1.47 bits per heavy atom. The summed E-state index contributed by atoms with van der Waals surface area (Å²) in [4.78, 5) is 11.6. The van der Waals surface area contributed by atoms with Gasteiger partial charge in [-0.3, -0.25) is 4.79 Å². The average Bonchev–Trinajstić information content (AvgIpc) is 2.18. The Hall–Kier alpha value is -1.06. The van der Waals surface area contributed by atoms with Gasteiger partial charge in [0.2, 0.25) is 0 Å². The molecule has 3 N–H and O–H groups in total. The molecule has 1 aromatic carbocycles. The summed E-state index contributed by atoms with van der Waals surface area (Å²) in [5, 5.41) is 3.48. The summed E-state index contributed by atoms with van der Waals surface area (Å²) < 4.78 is 0.